The molecule has 1 heterocycles. The van der Waals surface area contributed by atoms with E-state index in [1.54, 1.807) is 0 Å². The molecule has 0 atom stereocenters. The predicted molar refractivity (Wildman–Crippen MR) is 119 cm³/mol. The summed E-state index contributed by atoms with van der Waals surface area (Å²) in [6.45, 7) is 6.73. The number of benzene rings is 2. The molecule has 0 unspecified atom stereocenters. The molecule has 0 bridgehead atoms. The van der Waals surface area contributed by atoms with E-state index in [0.717, 1.165) is 30.1 Å². The lowest BCUT2D eigenvalue weighted by atomic mass is 10.2. The minimum atomic E-state index is -0.238. The third kappa shape index (κ3) is 6.21. The topological polar surface area (TPSA) is 61.4 Å². The fourth-order valence-corrected chi connectivity index (χ4v) is 4.03. The highest BCUT2D eigenvalue weighted by Crippen LogP contribution is 2.37. The molecule has 1 aliphatic heterocycles. The van der Waals surface area contributed by atoms with E-state index in [-0.39, 0.29) is 11.8 Å². The lowest BCUT2D eigenvalue weighted by Crippen LogP contribution is -2.33. The Balaban J connectivity index is 1.47. The van der Waals surface area contributed by atoms with Crippen LogP contribution in [0.5, 0.6) is 0 Å². The Morgan fingerprint density at radius 2 is 1.86 bits per heavy atom. The van der Waals surface area contributed by atoms with E-state index in [1.165, 1.54) is 23.4 Å². The van der Waals surface area contributed by atoms with Crippen molar-refractivity contribution in [3.8, 4) is 0 Å². The molecule has 0 fully saturated rings. The molecule has 3 rings (SSSR count). The third-order valence-electron chi connectivity index (χ3n) is 4.72. The second kappa shape index (κ2) is 10.3. The van der Waals surface area contributed by atoms with Gasteiger partial charge in [-0.2, -0.15) is 0 Å². The van der Waals surface area contributed by atoms with Crippen LogP contribution in [0.4, 0.5) is 5.69 Å². The Morgan fingerprint density at radius 1 is 1.14 bits per heavy atom. The Hall–Kier alpha value is -2.57. The summed E-state index contributed by atoms with van der Waals surface area (Å²) in [6, 6.07) is 18.4. The lowest BCUT2D eigenvalue weighted by Gasteiger charge is -2.26. The first kappa shape index (κ1) is 21.1. The zero-order valence-electron chi connectivity index (χ0n) is 16.9. The van der Waals surface area contributed by atoms with Gasteiger partial charge in [-0.25, -0.2) is 0 Å². The van der Waals surface area contributed by atoms with Gasteiger partial charge >= 0.3 is 0 Å². The van der Waals surface area contributed by atoms with Crippen molar-refractivity contribution in [1.82, 2.24) is 10.2 Å². The summed E-state index contributed by atoms with van der Waals surface area (Å²) in [5.41, 5.74) is 2.07. The number of carbonyl (C=O) groups excluding carboxylic acids is 2. The van der Waals surface area contributed by atoms with Crippen LogP contribution in [0.15, 0.2) is 70.5 Å². The summed E-state index contributed by atoms with van der Waals surface area (Å²) < 4.78 is 0. The first-order chi connectivity index (χ1) is 14.0. The van der Waals surface area contributed by atoms with Crippen LogP contribution in [0, 0.1) is 0 Å². The summed E-state index contributed by atoms with van der Waals surface area (Å²) in [6.07, 6.45) is 2.24. The zero-order chi connectivity index (χ0) is 20.6. The quantitative estimate of drug-likeness (QED) is 0.510. The molecule has 5 nitrogen and oxygen atoms in total. The Kier molecular flexibility index (Phi) is 7.49. The van der Waals surface area contributed by atoms with Gasteiger partial charge in [0.25, 0.3) is 5.91 Å². The second-order valence-corrected chi connectivity index (χ2v) is 8.34. The molecular weight excluding hydrogens is 382 g/mol. The van der Waals surface area contributed by atoms with Crippen LogP contribution in [-0.4, -0.2) is 35.8 Å². The highest BCUT2D eigenvalue weighted by atomic mass is 32.2. The normalized spacial score (nSPS) is 14.8. The van der Waals surface area contributed by atoms with Gasteiger partial charge in [-0.15, -0.1) is 0 Å². The average Bonchev–Trinajstić information content (AvgIpc) is 2.71. The predicted octanol–water partition coefficient (Wildman–Crippen LogP) is 4.03. The maximum atomic E-state index is 12.2. The smallest absolute Gasteiger partial charge is 0.262 e. The first-order valence-corrected chi connectivity index (χ1v) is 10.7. The minimum absolute atomic E-state index is 0.235. The van der Waals surface area contributed by atoms with Gasteiger partial charge in [-0.1, -0.05) is 54.2 Å². The Morgan fingerprint density at radius 3 is 2.62 bits per heavy atom. The van der Waals surface area contributed by atoms with Crippen molar-refractivity contribution in [2.24, 2.45) is 0 Å². The number of para-hydroxylation sites is 1. The molecule has 0 radical (unpaired) electrons. The number of fused-ring (bicyclic) bond motifs is 1. The Bertz CT molecular complexity index is 881. The van der Waals surface area contributed by atoms with Crippen molar-refractivity contribution in [3.05, 3.63) is 71.1 Å². The van der Waals surface area contributed by atoms with Crippen molar-refractivity contribution in [2.45, 2.75) is 37.8 Å². The van der Waals surface area contributed by atoms with E-state index >= 15 is 0 Å². The van der Waals surface area contributed by atoms with Crippen LogP contribution >= 0.6 is 11.8 Å². The van der Waals surface area contributed by atoms with Crippen LogP contribution in [0.1, 0.15) is 25.8 Å². The number of amides is 2. The molecule has 0 saturated heterocycles. The highest BCUT2D eigenvalue weighted by molar-refractivity contribution is 8.04. The molecule has 2 amide bonds. The van der Waals surface area contributed by atoms with Gasteiger partial charge in [0.2, 0.25) is 5.91 Å². The maximum Gasteiger partial charge on any atom is 0.262 e. The maximum absolute atomic E-state index is 12.2. The molecule has 0 spiro atoms. The van der Waals surface area contributed by atoms with E-state index < -0.39 is 0 Å². The number of hydrogen-bond acceptors (Lipinski definition) is 4. The minimum Gasteiger partial charge on any atom is -0.352 e. The van der Waals surface area contributed by atoms with Gasteiger partial charge in [-0.05, 0) is 38.0 Å². The van der Waals surface area contributed by atoms with E-state index in [1.807, 2.05) is 30.3 Å². The number of rotatable bonds is 8. The molecule has 2 aromatic rings. The fourth-order valence-electron chi connectivity index (χ4n) is 3.10. The van der Waals surface area contributed by atoms with Crippen molar-refractivity contribution >= 4 is 29.3 Å². The van der Waals surface area contributed by atoms with E-state index in [9.17, 15) is 9.59 Å². The molecule has 6 heteroatoms. The van der Waals surface area contributed by atoms with Gasteiger partial charge < -0.3 is 10.6 Å². The van der Waals surface area contributed by atoms with Gasteiger partial charge in [-0.3, -0.25) is 14.5 Å². The molecule has 2 N–H and O–H groups in total. The number of carbonyl (C=O) groups is 2. The fraction of sp³-hybridized carbons (Fsp3) is 0.304. The standard InChI is InChI=1S/C23H27N3O2S/c1-17(2)26(16-18-9-4-3-5-10-18)14-8-13-24-22(27)15-21-23(28)25-19-11-6-7-12-20(19)29-21/h3-7,9-12,15,17H,8,13-14,16H2,1-2H3,(H,24,27)(H,25,28). The third-order valence-corrected chi connectivity index (χ3v) is 5.82. The molecule has 29 heavy (non-hydrogen) atoms. The molecule has 1 aliphatic rings. The monoisotopic (exact) mass is 409 g/mol. The van der Waals surface area contributed by atoms with Gasteiger partial charge in [0.1, 0.15) is 0 Å². The summed E-state index contributed by atoms with van der Waals surface area (Å²) in [5, 5.41) is 5.72. The van der Waals surface area contributed by atoms with Crippen molar-refractivity contribution < 1.29 is 9.59 Å². The molecule has 0 aromatic heterocycles. The van der Waals surface area contributed by atoms with Crippen LogP contribution in [0.3, 0.4) is 0 Å². The zero-order valence-corrected chi connectivity index (χ0v) is 17.7. The van der Waals surface area contributed by atoms with Gasteiger partial charge in [0.05, 0.1) is 10.6 Å². The average molecular weight is 410 g/mol. The SMILES string of the molecule is CC(C)N(CCCNC(=O)C=C1Sc2ccccc2NC1=O)Cc1ccccc1. The van der Waals surface area contributed by atoms with Gasteiger partial charge in [0, 0.05) is 36.6 Å². The van der Waals surface area contributed by atoms with Crippen molar-refractivity contribution in [2.75, 3.05) is 18.4 Å². The summed E-state index contributed by atoms with van der Waals surface area (Å²) in [5.74, 6) is -0.473. The molecule has 2 aromatic carbocycles. The molecule has 0 saturated carbocycles. The van der Waals surface area contributed by atoms with Gasteiger partial charge in [0.15, 0.2) is 0 Å². The van der Waals surface area contributed by atoms with Crippen molar-refractivity contribution in [3.63, 3.8) is 0 Å². The van der Waals surface area contributed by atoms with E-state index in [2.05, 4.69) is 53.6 Å². The number of anilines is 1. The number of hydrogen-bond donors (Lipinski definition) is 2. The van der Waals surface area contributed by atoms with Crippen LogP contribution in [0.25, 0.3) is 0 Å². The highest BCUT2D eigenvalue weighted by Gasteiger charge is 2.21. The van der Waals surface area contributed by atoms with E-state index in [4.69, 9.17) is 0 Å². The van der Waals surface area contributed by atoms with Crippen molar-refractivity contribution in [1.29, 1.82) is 0 Å². The van der Waals surface area contributed by atoms with Crippen LogP contribution < -0.4 is 10.6 Å². The number of thioether (sulfide) groups is 1. The summed E-state index contributed by atoms with van der Waals surface area (Å²) >= 11 is 1.32. The number of nitrogens with one attached hydrogen (secondary N) is 2. The molecule has 0 aliphatic carbocycles. The lowest BCUT2D eigenvalue weighted by molar-refractivity contribution is -0.117. The van der Waals surface area contributed by atoms with Crippen LogP contribution in [0.2, 0.25) is 0 Å². The molecular formula is C23H27N3O2S. The number of nitrogens with zero attached hydrogens (tertiary/aromatic N) is 1. The molecule has 152 valence electrons. The first-order valence-electron chi connectivity index (χ1n) is 9.88. The van der Waals surface area contributed by atoms with Crippen LogP contribution in [-0.2, 0) is 16.1 Å². The summed E-state index contributed by atoms with van der Waals surface area (Å²) in [4.78, 5) is 28.2. The summed E-state index contributed by atoms with van der Waals surface area (Å²) in [7, 11) is 0. The van der Waals surface area contributed by atoms with E-state index in [0.29, 0.717) is 17.5 Å². The largest absolute Gasteiger partial charge is 0.352 e. The second-order valence-electron chi connectivity index (χ2n) is 7.26. The Labute approximate surface area is 176 Å².